The molecule has 0 N–H and O–H groups in total. The van der Waals surface area contributed by atoms with Crippen LogP contribution in [0.3, 0.4) is 0 Å². The fraction of sp³-hybridized carbons (Fsp3) is 1.00. The third-order valence-electron chi connectivity index (χ3n) is 19.9. The number of hydrogen-bond acceptors (Lipinski definition) is 3. The normalized spacial score (nSPS) is 11.8. The molecule has 0 aromatic heterocycles. The molecule has 0 rings (SSSR count). The molecule has 3 nitrogen and oxygen atoms in total. The molecule has 0 heterocycles. The second-order valence-electron chi connectivity index (χ2n) is 28.6. The van der Waals surface area contributed by atoms with E-state index >= 15 is 0 Å². The van der Waals surface area contributed by atoms with Gasteiger partial charge in [-0.05, 0) is 77.0 Å². The van der Waals surface area contributed by atoms with Crippen LogP contribution >= 0.6 is 14.5 Å². The van der Waals surface area contributed by atoms with Gasteiger partial charge in [0.05, 0.1) is 49.3 Å². The molecule has 0 bridgehead atoms. The summed E-state index contributed by atoms with van der Waals surface area (Å²) in [6, 6.07) is 0. The van der Waals surface area contributed by atoms with E-state index in [4.69, 9.17) is 15.1 Å². The topological polar surface area (TPSA) is 69.2 Å². The summed E-state index contributed by atoms with van der Waals surface area (Å²) in [5.74, 6) is 0. The number of rotatable bonds is 72. The van der Waals surface area contributed by atoms with Crippen LogP contribution in [0.25, 0.3) is 0 Å². The van der Waals surface area contributed by atoms with Crippen LogP contribution in [0.1, 0.15) is 468 Å². The van der Waals surface area contributed by atoms with Gasteiger partial charge in [-0.2, -0.15) is 0 Å². The van der Waals surface area contributed by atoms with E-state index in [1.54, 1.807) is 75.0 Å². The largest absolute Gasteiger partial charge is 1.00 e. The quantitative estimate of drug-likeness (QED) is 0.0346. The average Bonchev–Trinajstić information content (AvgIpc) is 3.65. The maximum absolute atomic E-state index is 8.42. The van der Waals surface area contributed by atoms with Crippen LogP contribution in [0.5, 0.6) is 0 Å². The Labute approximate surface area is 551 Å². The predicted octanol–water partition coefficient (Wildman–Crippen LogP) is 27.3. The molecule has 0 atom stereocenters. The van der Waals surface area contributed by atoms with Crippen molar-refractivity contribution in [1.82, 2.24) is 0 Å². The summed E-state index contributed by atoms with van der Waals surface area (Å²) in [7, 11) is -4.31. The highest BCUT2D eigenvalue weighted by Crippen LogP contribution is 2.62. The van der Waals surface area contributed by atoms with Gasteiger partial charge in [0.15, 0.2) is 0 Å². The van der Waals surface area contributed by atoms with Crippen molar-refractivity contribution in [1.29, 1.82) is 0 Å². The zero-order valence-corrected chi connectivity index (χ0v) is 63.4. The van der Waals surface area contributed by atoms with Crippen molar-refractivity contribution in [3.63, 3.8) is 0 Å². The summed E-state index contributed by atoms with van der Waals surface area (Å²) in [4.78, 5) is 0. The van der Waals surface area contributed by atoms with Crippen LogP contribution in [0.15, 0.2) is 0 Å². The van der Waals surface area contributed by atoms with E-state index in [-0.39, 0.29) is 1.43 Å². The average molecular weight is 1250 g/mol. The van der Waals surface area contributed by atoms with Crippen molar-refractivity contribution in [2.24, 2.45) is 0 Å². The van der Waals surface area contributed by atoms with Crippen LogP contribution in [0, 0.1) is 0 Å². The third kappa shape index (κ3) is 75.5. The lowest BCUT2D eigenvalue weighted by molar-refractivity contribution is -0.479. The zero-order valence-electron chi connectivity index (χ0n) is 62.6. The first-order valence-electron chi connectivity index (χ1n) is 40.9. The van der Waals surface area contributed by atoms with Gasteiger partial charge in [0.1, 0.15) is 0 Å². The first-order valence-corrected chi connectivity index (χ1v) is 46.0. The van der Waals surface area contributed by atoms with E-state index in [2.05, 4.69) is 55.4 Å². The van der Waals surface area contributed by atoms with E-state index in [0.29, 0.717) is 0 Å². The Morgan fingerprint density at radius 2 is 0.233 bits per heavy atom. The van der Waals surface area contributed by atoms with Crippen LogP contribution in [0.2, 0.25) is 0 Å². The first-order chi connectivity index (χ1) is 42.2. The summed E-state index contributed by atoms with van der Waals surface area (Å²) in [6.45, 7) is 19.0. The minimum Gasteiger partial charge on any atom is -0.907 e. The van der Waals surface area contributed by atoms with Crippen LogP contribution in [0.4, 0.5) is 0 Å². The van der Waals surface area contributed by atoms with E-state index in [9.17, 15) is 0 Å². The summed E-state index contributed by atoms with van der Waals surface area (Å²) >= 11 is 0. The molecule has 0 saturated heterocycles. The minimum atomic E-state index is -2.92. The number of hydrogen-bond donors (Lipinski definition) is 0. The van der Waals surface area contributed by atoms with Gasteiger partial charge < -0.3 is 15.1 Å². The highest BCUT2D eigenvalue weighted by atomic mass is 31.2. The van der Waals surface area contributed by atoms with Gasteiger partial charge in [-0.3, -0.25) is 7.32 Å². The fourth-order valence-electron chi connectivity index (χ4n) is 13.9. The van der Waals surface area contributed by atoms with E-state index in [0.717, 1.165) is 0 Å². The molecule has 86 heavy (non-hydrogen) atoms. The molecule has 0 fully saturated rings. The molecule has 520 valence electrons. The summed E-state index contributed by atoms with van der Waals surface area (Å²) in [6.07, 6.45) is 108. The van der Waals surface area contributed by atoms with Crippen LogP contribution in [-0.4, -0.2) is 56.6 Å². The highest BCUT2D eigenvalue weighted by molar-refractivity contribution is 7.76. The lowest BCUT2D eigenvalue weighted by Gasteiger charge is -2.35. The minimum absolute atomic E-state index is 0. The first kappa shape index (κ1) is 91.0. The van der Waals surface area contributed by atoms with Crippen molar-refractivity contribution in [3.05, 3.63) is 0 Å². The number of unbranched alkanes of at least 4 members (excludes halogenated alkanes) is 56. The van der Waals surface area contributed by atoms with E-state index in [1.165, 1.54) is 385 Å². The third-order valence-corrected chi connectivity index (χ3v) is 30.0. The SMILES string of the molecule is CCCCCCCCCCCCCCCC[P+](CCCC)(CCCC)CCCCCCCCCCCCCCCC.CCCCCCCCCCCCCCCC[P+](CCCC)(CCCC)CCCCCCCCCCCCCCCC.[H+].[O-]B([O-])[O-]. The molecule has 0 aliphatic heterocycles. The Kier molecular flexibility index (Phi) is 84.7. The second kappa shape index (κ2) is 80.0. The van der Waals surface area contributed by atoms with Gasteiger partial charge in [-0.1, -0.05) is 389 Å². The van der Waals surface area contributed by atoms with Crippen molar-refractivity contribution < 1.29 is 16.5 Å². The Balaban J connectivity index is -0.000000737. The van der Waals surface area contributed by atoms with Crippen LogP contribution in [-0.2, 0) is 0 Å². The summed E-state index contributed by atoms with van der Waals surface area (Å²) in [5.41, 5.74) is 0. The molecule has 0 aliphatic carbocycles. The van der Waals surface area contributed by atoms with Crippen molar-refractivity contribution >= 4 is 21.8 Å². The molecule has 0 aromatic carbocycles. The molecule has 6 heteroatoms. The smallest absolute Gasteiger partial charge is 0.907 e. The van der Waals surface area contributed by atoms with E-state index in [1.807, 2.05) is 0 Å². The molecule has 0 amide bonds. The standard InChI is InChI=1S/2C40H84P.BO3/c2*1-5-9-13-15-17-19-21-23-25-27-29-31-33-35-39-41(37-11-7-3,38-12-8-4)40-36-34-32-30-28-26-24-22-20-18-16-14-10-6-2;2-1(3)4/h2*5-40H2,1-4H3;/q2*+1;-3/p+1. The molecular formula is C80H169BO3P2. The Hall–Kier alpha value is 0.805. The van der Waals surface area contributed by atoms with Crippen molar-refractivity contribution in [3.8, 4) is 0 Å². The molecule has 0 unspecified atom stereocenters. The van der Waals surface area contributed by atoms with Crippen molar-refractivity contribution in [2.45, 2.75) is 466 Å². The second-order valence-corrected chi connectivity index (χ2v) is 37.5. The summed E-state index contributed by atoms with van der Waals surface area (Å²) in [5, 5.41) is 25.2. The van der Waals surface area contributed by atoms with Gasteiger partial charge in [0.2, 0.25) is 0 Å². The monoisotopic (exact) mass is 1250 g/mol. The molecule has 0 aromatic rings. The van der Waals surface area contributed by atoms with Crippen LogP contribution < -0.4 is 15.1 Å². The molecule has 0 radical (unpaired) electrons. The Morgan fingerprint density at radius 1 is 0.151 bits per heavy atom. The van der Waals surface area contributed by atoms with Gasteiger partial charge in [-0.25, -0.2) is 0 Å². The maximum Gasteiger partial charge on any atom is 1.00 e. The van der Waals surface area contributed by atoms with Gasteiger partial charge in [0.25, 0.3) is 0 Å². The maximum atomic E-state index is 8.42. The lowest BCUT2D eigenvalue weighted by Crippen LogP contribution is -2.56. The fourth-order valence-corrected chi connectivity index (χ4v) is 24.1. The highest BCUT2D eigenvalue weighted by Gasteiger charge is 2.36. The van der Waals surface area contributed by atoms with Crippen molar-refractivity contribution in [2.75, 3.05) is 49.3 Å². The van der Waals surface area contributed by atoms with Gasteiger partial charge in [-0.15, -0.1) is 0 Å². The molecular weight excluding hydrogens is 1080 g/mol. The predicted molar refractivity (Wildman–Crippen MR) is 401 cm³/mol. The lowest BCUT2D eigenvalue weighted by atomic mass is 10.0. The van der Waals surface area contributed by atoms with Gasteiger partial charge >= 0.3 is 1.43 Å². The molecule has 0 aliphatic rings. The Morgan fingerprint density at radius 3 is 0.337 bits per heavy atom. The molecule has 0 saturated carbocycles. The summed E-state index contributed by atoms with van der Waals surface area (Å²) < 4.78 is 0. The molecule has 0 spiro atoms. The van der Waals surface area contributed by atoms with Gasteiger partial charge in [0, 0.05) is 14.5 Å². The Bertz CT molecular complexity index is 992. The van der Waals surface area contributed by atoms with E-state index < -0.39 is 21.8 Å². The zero-order chi connectivity index (χ0) is 63.5.